The van der Waals surface area contributed by atoms with Gasteiger partial charge in [-0.25, -0.2) is 0 Å². The zero-order valence-electron chi connectivity index (χ0n) is 11.0. The molecule has 1 fully saturated rings. The fourth-order valence-corrected chi connectivity index (χ4v) is 2.43. The lowest BCUT2D eigenvalue weighted by Crippen LogP contribution is -2.54. The van der Waals surface area contributed by atoms with Crippen molar-refractivity contribution in [2.45, 2.75) is 38.0 Å². The van der Waals surface area contributed by atoms with Crippen LogP contribution < -0.4 is 5.73 Å². The molecule has 0 aliphatic carbocycles. The van der Waals surface area contributed by atoms with Gasteiger partial charge in [-0.1, -0.05) is 0 Å². The van der Waals surface area contributed by atoms with Crippen molar-refractivity contribution >= 4 is 0 Å². The predicted octanol–water partition coefficient (Wildman–Crippen LogP) is -0.178. The molecule has 1 aliphatic heterocycles. The molecule has 3 N–H and O–H groups in total. The largest absolute Gasteiger partial charge is 0.395 e. The molecular formula is C12H26N2O3. The Labute approximate surface area is 104 Å². The molecule has 0 amide bonds. The molecule has 0 spiro atoms. The lowest BCUT2D eigenvalue weighted by atomic mass is 10.0. The van der Waals surface area contributed by atoms with Gasteiger partial charge in [-0.15, -0.1) is 0 Å². The molecule has 1 rings (SSSR count). The van der Waals surface area contributed by atoms with Crippen LogP contribution in [0.4, 0.5) is 0 Å². The second-order valence-corrected chi connectivity index (χ2v) is 4.56. The Morgan fingerprint density at radius 3 is 2.53 bits per heavy atom. The normalized spacial score (nSPS) is 22.6. The minimum absolute atomic E-state index is 0.00229. The van der Waals surface area contributed by atoms with Crippen molar-refractivity contribution in [3.63, 3.8) is 0 Å². The van der Waals surface area contributed by atoms with Crippen LogP contribution >= 0.6 is 0 Å². The van der Waals surface area contributed by atoms with Crippen LogP contribution in [0.15, 0.2) is 0 Å². The van der Waals surface area contributed by atoms with Gasteiger partial charge in [-0.2, -0.15) is 0 Å². The third-order valence-corrected chi connectivity index (χ3v) is 3.39. The van der Waals surface area contributed by atoms with Gasteiger partial charge in [0.05, 0.1) is 25.4 Å². The Balaban J connectivity index is 2.39. The van der Waals surface area contributed by atoms with Gasteiger partial charge >= 0.3 is 0 Å². The maximum Gasteiger partial charge on any atom is 0.0629 e. The summed E-state index contributed by atoms with van der Waals surface area (Å²) in [7, 11) is 1.63. The van der Waals surface area contributed by atoms with Crippen LogP contribution in [0.2, 0.25) is 0 Å². The average Bonchev–Trinajstić information content (AvgIpc) is 2.33. The highest BCUT2D eigenvalue weighted by atomic mass is 16.5. The summed E-state index contributed by atoms with van der Waals surface area (Å²) in [5.41, 5.74) is 6.01. The molecule has 5 nitrogen and oxygen atoms in total. The third-order valence-electron chi connectivity index (χ3n) is 3.39. The smallest absolute Gasteiger partial charge is 0.0629 e. The van der Waals surface area contributed by atoms with Crippen molar-refractivity contribution in [3.8, 4) is 0 Å². The van der Waals surface area contributed by atoms with Gasteiger partial charge < -0.3 is 20.3 Å². The second-order valence-electron chi connectivity index (χ2n) is 4.56. The molecule has 0 aromatic heterocycles. The monoisotopic (exact) mass is 246 g/mol. The van der Waals surface area contributed by atoms with E-state index in [4.69, 9.17) is 15.2 Å². The number of piperidine rings is 1. The summed E-state index contributed by atoms with van der Waals surface area (Å²) in [6.07, 6.45) is 2.41. The first-order valence-corrected chi connectivity index (χ1v) is 6.43. The first-order chi connectivity index (χ1) is 8.22. The highest BCUT2D eigenvalue weighted by Gasteiger charge is 2.28. The quantitative estimate of drug-likeness (QED) is 0.652. The van der Waals surface area contributed by atoms with Gasteiger partial charge in [0.1, 0.15) is 0 Å². The minimum atomic E-state index is -0.131. The maximum atomic E-state index is 9.44. The van der Waals surface area contributed by atoms with Crippen molar-refractivity contribution in [2.24, 2.45) is 5.73 Å². The Morgan fingerprint density at radius 1 is 1.41 bits per heavy atom. The topological polar surface area (TPSA) is 68.0 Å². The number of methoxy groups -OCH3 is 1. The van der Waals surface area contributed by atoms with Crippen molar-refractivity contribution < 1.29 is 14.6 Å². The van der Waals surface area contributed by atoms with Crippen LogP contribution in [-0.4, -0.2) is 68.2 Å². The van der Waals surface area contributed by atoms with Crippen LogP contribution in [-0.2, 0) is 9.47 Å². The molecule has 1 aliphatic rings. The van der Waals surface area contributed by atoms with Crippen molar-refractivity contribution in [1.29, 1.82) is 0 Å². The Hall–Kier alpha value is -0.200. The summed E-state index contributed by atoms with van der Waals surface area (Å²) in [6.45, 7) is 5.25. The second kappa shape index (κ2) is 8.00. The number of nitrogens with two attached hydrogens (primary N) is 1. The van der Waals surface area contributed by atoms with Crippen molar-refractivity contribution in [3.05, 3.63) is 0 Å². The van der Waals surface area contributed by atoms with Crippen LogP contribution in [0, 0.1) is 0 Å². The molecule has 0 aromatic rings. The fourth-order valence-electron chi connectivity index (χ4n) is 2.43. The van der Waals surface area contributed by atoms with Crippen molar-refractivity contribution in [1.82, 2.24) is 4.90 Å². The van der Waals surface area contributed by atoms with E-state index in [1.807, 2.05) is 6.92 Å². The third kappa shape index (κ3) is 4.52. The standard InChI is InChI=1S/C12H26N2O3/c1-3-17-10-4-6-14(7-5-10)12(8-15)11(13)9-16-2/h10-12,15H,3-9,13H2,1-2H3. The molecule has 0 bridgehead atoms. The highest BCUT2D eigenvalue weighted by molar-refractivity contribution is 4.85. The Morgan fingerprint density at radius 2 is 2.06 bits per heavy atom. The zero-order valence-corrected chi connectivity index (χ0v) is 11.0. The molecule has 102 valence electrons. The summed E-state index contributed by atoms with van der Waals surface area (Å²) in [5, 5.41) is 9.44. The van der Waals surface area contributed by atoms with Gasteiger partial charge in [0.15, 0.2) is 0 Å². The summed E-state index contributed by atoms with van der Waals surface area (Å²) in [4.78, 5) is 2.25. The lowest BCUT2D eigenvalue weighted by molar-refractivity contribution is -0.0124. The zero-order chi connectivity index (χ0) is 12.7. The van der Waals surface area contributed by atoms with Crippen LogP contribution in [0.25, 0.3) is 0 Å². The SMILES string of the molecule is CCOC1CCN(C(CO)C(N)COC)CC1. The molecule has 0 aromatic carbocycles. The van der Waals surface area contributed by atoms with E-state index in [-0.39, 0.29) is 18.7 Å². The van der Waals surface area contributed by atoms with E-state index < -0.39 is 0 Å². The minimum Gasteiger partial charge on any atom is -0.395 e. The number of rotatable bonds is 7. The summed E-state index contributed by atoms with van der Waals surface area (Å²) in [5.74, 6) is 0. The van der Waals surface area contributed by atoms with Crippen LogP contribution in [0.1, 0.15) is 19.8 Å². The van der Waals surface area contributed by atoms with E-state index in [9.17, 15) is 5.11 Å². The Bertz CT molecular complexity index is 196. The van der Waals surface area contributed by atoms with E-state index in [1.54, 1.807) is 7.11 Å². The molecule has 1 heterocycles. The number of likely N-dealkylation sites (tertiary alicyclic amines) is 1. The first-order valence-electron chi connectivity index (χ1n) is 6.43. The van der Waals surface area contributed by atoms with Crippen LogP contribution in [0.3, 0.4) is 0 Å². The molecule has 5 heteroatoms. The molecular weight excluding hydrogens is 220 g/mol. The first kappa shape index (κ1) is 14.9. The fraction of sp³-hybridized carbons (Fsp3) is 1.00. The highest BCUT2D eigenvalue weighted by Crippen LogP contribution is 2.17. The number of ether oxygens (including phenoxy) is 2. The average molecular weight is 246 g/mol. The number of hydrogen-bond donors (Lipinski definition) is 2. The maximum absolute atomic E-state index is 9.44. The molecule has 2 atom stereocenters. The van der Waals surface area contributed by atoms with Crippen molar-refractivity contribution in [2.75, 3.05) is 40.0 Å². The van der Waals surface area contributed by atoms with E-state index in [0.29, 0.717) is 12.7 Å². The molecule has 17 heavy (non-hydrogen) atoms. The van der Waals surface area contributed by atoms with E-state index >= 15 is 0 Å². The summed E-state index contributed by atoms with van der Waals surface area (Å²) >= 11 is 0. The van der Waals surface area contributed by atoms with Gasteiger partial charge in [0, 0.05) is 32.8 Å². The Kier molecular flexibility index (Phi) is 6.99. The molecule has 0 saturated carbocycles. The van der Waals surface area contributed by atoms with Gasteiger partial charge in [0.2, 0.25) is 0 Å². The van der Waals surface area contributed by atoms with E-state index in [0.717, 1.165) is 32.5 Å². The molecule has 1 saturated heterocycles. The van der Waals surface area contributed by atoms with Gasteiger partial charge in [0.25, 0.3) is 0 Å². The van der Waals surface area contributed by atoms with E-state index in [2.05, 4.69) is 4.90 Å². The number of nitrogens with zero attached hydrogens (tertiary/aromatic N) is 1. The summed E-state index contributed by atoms with van der Waals surface area (Å²) in [6, 6.07) is -0.133. The van der Waals surface area contributed by atoms with Gasteiger partial charge in [-0.05, 0) is 19.8 Å². The number of hydrogen-bond acceptors (Lipinski definition) is 5. The van der Waals surface area contributed by atoms with Crippen LogP contribution in [0.5, 0.6) is 0 Å². The summed E-state index contributed by atoms with van der Waals surface area (Å²) < 4.78 is 10.7. The molecule has 0 radical (unpaired) electrons. The van der Waals surface area contributed by atoms with Gasteiger partial charge in [-0.3, -0.25) is 4.90 Å². The van der Waals surface area contributed by atoms with E-state index in [1.165, 1.54) is 0 Å². The number of aliphatic hydroxyl groups excluding tert-OH is 1. The number of aliphatic hydroxyl groups is 1. The predicted molar refractivity (Wildman–Crippen MR) is 66.9 cm³/mol. The lowest BCUT2D eigenvalue weighted by Gasteiger charge is -2.38. The molecule has 2 unspecified atom stereocenters.